The van der Waals surface area contributed by atoms with Crippen molar-refractivity contribution in [2.75, 3.05) is 19.6 Å². The van der Waals surface area contributed by atoms with E-state index in [1.54, 1.807) is 17.5 Å². The smallest absolute Gasteiger partial charge is 0.224 e. The van der Waals surface area contributed by atoms with Gasteiger partial charge in [-0.15, -0.1) is 11.3 Å². The van der Waals surface area contributed by atoms with Crippen LogP contribution in [0.5, 0.6) is 0 Å². The first kappa shape index (κ1) is 19.1. The molecule has 0 unspecified atom stereocenters. The molecule has 2 aromatic rings. The van der Waals surface area contributed by atoms with E-state index in [9.17, 15) is 4.79 Å². The number of aromatic nitrogens is 2. The van der Waals surface area contributed by atoms with Crippen LogP contribution in [0.4, 0.5) is 0 Å². The van der Waals surface area contributed by atoms with Crippen LogP contribution in [0.2, 0.25) is 0 Å². The molecule has 142 valence electrons. The predicted octanol–water partition coefficient (Wildman–Crippen LogP) is 3.62. The van der Waals surface area contributed by atoms with Crippen molar-refractivity contribution in [3.05, 3.63) is 40.3 Å². The van der Waals surface area contributed by atoms with Crippen molar-refractivity contribution in [2.24, 2.45) is 5.92 Å². The molecular weight excluding hydrogens is 344 g/mol. The Morgan fingerprint density at radius 2 is 2.04 bits per heavy atom. The zero-order valence-corrected chi connectivity index (χ0v) is 16.7. The van der Waals surface area contributed by atoms with E-state index in [1.807, 2.05) is 24.6 Å². The zero-order chi connectivity index (χ0) is 18.4. The molecule has 1 fully saturated rings. The normalized spacial score (nSPS) is 18.2. The number of nitrogens with one attached hydrogen (secondary N) is 1. The Morgan fingerprint density at radius 1 is 1.27 bits per heavy atom. The van der Waals surface area contributed by atoms with Gasteiger partial charge in [-0.05, 0) is 50.4 Å². The molecule has 1 aliphatic heterocycles. The summed E-state index contributed by atoms with van der Waals surface area (Å²) < 4.78 is 1.90. The monoisotopic (exact) mass is 374 g/mol. The second kappa shape index (κ2) is 9.33. The molecule has 0 aromatic carbocycles. The van der Waals surface area contributed by atoms with Gasteiger partial charge in [0.25, 0.3) is 0 Å². The number of thiophene rings is 1. The van der Waals surface area contributed by atoms with Gasteiger partial charge in [-0.1, -0.05) is 25.8 Å². The summed E-state index contributed by atoms with van der Waals surface area (Å²) in [5.41, 5.74) is 1.09. The van der Waals surface area contributed by atoms with Crippen LogP contribution in [0.25, 0.3) is 0 Å². The van der Waals surface area contributed by atoms with E-state index in [2.05, 4.69) is 32.8 Å². The van der Waals surface area contributed by atoms with Crippen molar-refractivity contribution in [2.45, 2.75) is 52.1 Å². The summed E-state index contributed by atoms with van der Waals surface area (Å²) in [6.07, 6.45) is 6.93. The molecule has 6 heteroatoms. The fraction of sp³-hybridized carbons (Fsp3) is 0.600. The number of nitrogens with zero attached hydrogens (tertiary/aromatic N) is 3. The molecule has 0 radical (unpaired) electrons. The second-order valence-corrected chi connectivity index (χ2v) is 8.26. The maximum absolute atomic E-state index is 12.6. The first-order chi connectivity index (χ1) is 12.6. The molecular formula is C20H30N4OS. The van der Waals surface area contributed by atoms with Crippen LogP contribution in [0, 0.1) is 12.8 Å². The Morgan fingerprint density at radius 3 is 2.65 bits per heavy atom. The minimum absolute atomic E-state index is 0.0956. The van der Waals surface area contributed by atoms with E-state index in [0.717, 1.165) is 18.8 Å². The first-order valence-electron chi connectivity index (χ1n) is 9.68. The van der Waals surface area contributed by atoms with E-state index < -0.39 is 0 Å². The van der Waals surface area contributed by atoms with E-state index in [0.29, 0.717) is 13.1 Å². The Kier molecular flexibility index (Phi) is 6.86. The summed E-state index contributed by atoms with van der Waals surface area (Å²) in [6.45, 7) is 7.55. The topological polar surface area (TPSA) is 50.2 Å². The Bertz CT molecular complexity index is 674. The van der Waals surface area contributed by atoms with Crippen LogP contribution in [0.3, 0.4) is 0 Å². The van der Waals surface area contributed by atoms with Crippen molar-refractivity contribution in [1.82, 2.24) is 20.0 Å². The second-order valence-electron chi connectivity index (χ2n) is 7.28. The Labute approximate surface area is 160 Å². The lowest BCUT2D eigenvalue weighted by Gasteiger charge is -2.30. The molecule has 3 heterocycles. The summed E-state index contributed by atoms with van der Waals surface area (Å²) in [7, 11) is 0. The molecule has 0 aliphatic carbocycles. The Hall–Kier alpha value is -1.66. The highest BCUT2D eigenvalue weighted by Gasteiger charge is 2.24. The van der Waals surface area contributed by atoms with Crippen LogP contribution in [0.1, 0.15) is 49.2 Å². The molecule has 5 nitrogen and oxygen atoms in total. The lowest BCUT2D eigenvalue weighted by Crippen LogP contribution is -2.40. The summed E-state index contributed by atoms with van der Waals surface area (Å²) in [6, 6.07) is 6.56. The summed E-state index contributed by atoms with van der Waals surface area (Å²) >= 11 is 1.79. The van der Waals surface area contributed by atoms with E-state index in [-0.39, 0.29) is 17.9 Å². The molecule has 0 saturated carbocycles. The van der Waals surface area contributed by atoms with Crippen LogP contribution in [0.15, 0.2) is 29.8 Å². The largest absolute Gasteiger partial charge is 0.354 e. The zero-order valence-electron chi connectivity index (χ0n) is 15.9. The van der Waals surface area contributed by atoms with Gasteiger partial charge in [0.1, 0.15) is 0 Å². The molecule has 2 aromatic heterocycles. The number of aryl methyl sites for hydroxylation is 1. The summed E-state index contributed by atoms with van der Waals surface area (Å²) in [5, 5.41) is 9.62. The van der Waals surface area contributed by atoms with E-state index in [4.69, 9.17) is 0 Å². The first-order valence-corrected chi connectivity index (χ1v) is 10.6. The number of likely N-dealkylation sites (tertiary alicyclic amines) is 1. The average molecular weight is 375 g/mol. The quantitative estimate of drug-likeness (QED) is 0.805. The lowest BCUT2D eigenvalue weighted by atomic mass is 10.1. The van der Waals surface area contributed by atoms with Crippen molar-refractivity contribution in [3.8, 4) is 0 Å². The highest BCUT2D eigenvalue weighted by molar-refractivity contribution is 7.10. The maximum Gasteiger partial charge on any atom is 0.224 e. The van der Waals surface area contributed by atoms with Gasteiger partial charge in [-0.25, -0.2) is 0 Å². The number of amides is 1. The number of rotatable bonds is 7. The molecule has 0 spiro atoms. The van der Waals surface area contributed by atoms with Gasteiger partial charge in [0.2, 0.25) is 5.91 Å². The number of hydrogen-bond acceptors (Lipinski definition) is 4. The maximum atomic E-state index is 12.6. The van der Waals surface area contributed by atoms with Crippen LogP contribution in [-0.4, -0.2) is 40.2 Å². The van der Waals surface area contributed by atoms with Gasteiger partial charge in [0.15, 0.2) is 0 Å². The molecule has 1 N–H and O–H groups in total. The fourth-order valence-electron chi connectivity index (χ4n) is 3.60. The van der Waals surface area contributed by atoms with Crippen molar-refractivity contribution >= 4 is 17.2 Å². The minimum Gasteiger partial charge on any atom is -0.354 e. The molecule has 3 rings (SSSR count). The van der Waals surface area contributed by atoms with Crippen molar-refractivity contribution in [3.63, 3.8) is 0 Å². The van der Waals surface area contributed by atoms with Crippen molar-refractivity contribution < 1.29 is 4.79 Å². The van der Waals surface area contributed by atoms with Gasteiger partial charge in [-0.3, -0.25) is 14.4 Å². The summed E-state index contributed by atoms with van der Waals surface area (Å²) in [5.74, 6) is 0.0120. The molecule has 0 bridgehead atoms. The standard InChI is InChI=1S/C20H30N4OS/c1-16(15-24-17(2)9-10-22-24)20(25)21-14-18(19-8-7-13-26-19)23-11-5-3-4-6-12-23/h7-10,13,16,18H,3-6,11-12,14-15H2,1-2H3,(H,21,25)/t16-,18+/m0/s1. The van der Waals surface area contributed by atoms with Gasteiger partial charge in [-0.2, -0.15) is 5.10 Å². The highest BCUT2D eigenvalue weighted by Crippen LogP contribution is 2.27. The van der Waals surface area contributed by atoms with Crippen LogP contribution < -0.4 is 5.32 Å². The lowest BCUT2D eigenvalue weighted by molar-refractivity contribution is -0.125. The molecule has 1 saturated heterocycles. The van der Waals surface area contributed by atoms with Crippen molar-refractivity contribution in [1.29, 1.82) is 0 Å². The van der Waals surface area contributed by atoms with Gasteiger partial charge in [0, 0.05) is 23.3 Å². The fourth-order valence-corrected chi connectivity index (χ4v) is 4.46. The summed E-state index contributed by atoms with van der Waals surface area (Å²) in [4.78, 5) is 16.5. The van der Waals surface area contributed by atoms with Gasteiger partial charge in [0.05, 0.1) is 18.5 Å². The van der Waals surface area contributed by atoms with Crippen LogP contribution >= 0.6 is 11.3 Å². The molecule has 1 amide bonds. The third kappa shape index (κ3) is 4.95. The molecule has 2 atom stereocenters. The average Bonchev–Trinajstić information content (AvgIpc) is 3.22. The van der Waals surface area contributed by atoms with E-state index in [1.165, 1.54) is 30.6 Å². The highest BCUT2D eigenvalue weighted by atomic mass is 32.1. The van der Waals surface area contributed by atoms with Gasteiger partial charge < -0.3 is 5.32 Å². The minimum atomic E-state index is -0.0956. The third-order valence-electron chi connectivity index (χ3n) is 5.25. The number of carbonyl (C=O) groups excluding carboxylic acids is 1. The molecule has 26 heavy (non-hydrogen) atoms. The Balaban J connectivity index is 1.59. The SMILES string of the molecule is Cc1ccnn1C[C@H](C)C(=O)NC[C@H](c1cccs1)N1CCCCCC1. The van der Waals surface area contributed by atoms with Crippen LogP contribution in [-0.2, 0) is 11.3 Å². The molecule has 1 aliphatic rings. The predicted molar refractivity (Wildman–Crippen MR) is 106 cm³/mol. The van der Waals surface area contributed by atoms with E-state index >= 15 is 0 Å². The number of carbonyl (C=O) groups is 1. The third-order valence-corrected chi connectivity index (χ3v) is 6.22. The van der Waals surface area contributed by atoms with Gasteiger partial charge >= 0.3 is 0 Å². The number of hydrogen-bond donors (Lipinski definition) is 1.